The lowest BCUT2D eigenvalue weighted by atomic mass is 10.0. The van der Waals surface area contributed by atoms with Crippen LogP contribution in [-0.4, -0.2) is 49.6 Å². The Morgan fingerprint density at radius 1 is 0.897 bits per heavy atom. The maximum atomic E-state index is 6.10. The molecule has 0 aliphatic heterocycles. The first kappa shape index (κ1) is 24.8. The summed E-state index contributed by atoms with van der Waals surface area (Å²) in [6.07, 6.45) is 0. The van der Waals surface area contributed by atoms with Crippen LogP contribution in [0.3, 0.4) is 0 Å². The smallest absolute Gasteiger partial charge is 0.248 e. The lowest BCUT2D eigenvalue weighted by Crippen LogP contribution is -1.98. The van der Waals surface area contributed by atoms with E-state index in [1.165, 1.54) is 11.8 Å². The molecule has 3 aromatic carbocycles. The van der Waals surface area contributed by atoms with Crippen molar-refractivity contribution >= 4 is 34.3 Å². The summed E-state index contributed by atoms with van der Waals surface area (Å²) in [5.74, 6) is 2.47. The van der Waals surface area contributed by atoms with Gasteiger partial charge in [-0.1, -0.05) is 41.6 Å². The second-order valence-corrected chi connectivity index (χ2v) is 9.66. The Morgan fingerprint density at radius 3 is 2.54 bits per heavy atom. The van der Waals surface area contributed by atoms with E-state index in [1.54, 1.807) is 31.0 Å². The highest BCUT2D eigenvalue weighted by Gasteiger charge is 2.17. The van der Waals surface area contributed by atoms with Gasteiger partial charge in [0.05, 0.1) is 42.4 Å². The maximum absolute atomic E-state index is 6.10. The zero-order chi connectivity index (χ0) is 26.8. The van der Waals surface area contributed by atoms with Crippen molar-refractivity contribution in [2.45, 2.75) is 10.9 Å². The molecule has 39 heavy (non-hydrogen) atoms. The molecular formula is C27H20ClN7O3S. The fourth-order valence-corrected chi connectivity index (χ4v) is 4.91. The third kappa shape index (κ3) is 5.01. The highest BCUT2D eigenvalue weighted by molar-refractivity contribution is 7.98. The Bertz CT molecular complexity index is 1770. The molecule has 0 aliphatic carbocycles. The fraction of sp³-hybridized carbons (Fsp3) is 0.111. The fourth-order valence-electron chi connectivity index (χ4n) is 4.06. The Morgan fingerprint density at radius 2 is 1.72 bits per heavy atom. The summed E-state index contributed by atoms with van der Waals surface area (Å²) < 4.78 is 18.6. The Kier molecular flexibility index (Phi) is 6.82. The van der Waals surface area contributed by atoms with Gasteiger partial charge < -0.3 is 13.9 Å². The number of para-hydroxylation sites is 1. The first-order valence-corrected chi connectivity index (χ1v) is 13.1. The highest BCUT2D eigenvalue weighted by Crippen LogP contribution is 2.36. The number of hydrogen-bond acceptors (Lipinski definition) is 10. The summed E-state index contributed by atoms with van der Waals surface area (Å²) in [5, 5.41) is 22.7. The molecule has 3 aromatic heterocycles. The molecule has 3 heterocycles. The largest absolute Gasteiger partial charge is 0.493 e. The second-order valence-electron chi connectivity index (χ2n) is 8.28. The number of pyridine rings is 1. The lowest BCUT2D eigenvalue weighted by molar-refractivity contribution is 0.355. The summed E-state index contributed by atoms with van der Waals surface area (Å²) in [6.45, 7) is 0. The molecule has 0 atom stereocenters. The topological polar surface area (TPSA) is 114 Å². The standard InChI is InChI=1S/C27H20ClN7O3S/c1-36-23-12-7-16(13-24(23)37-2)22-14-20(19-5-3-4-6-21(19)29-22)26-31-30-25(38-26)15-39-27-32-33-34-35(27)18-10-8-17(28)9-11-18/h3-14H,15H2,1-2H3. The van der Waals surface area contributed by atoms with E-state index in [-0.39, 0.29) is 0 Å². The van der Waals surface area contributed by atoms with Gasteiger partial charge in [0.2, 0.25) is 16.9 Å². The minimum Gasteiger partial charge on any atom is -0.493 e. The van der Waals surface area contributed by atoms with Crippen molar-refractivity contribution in [2.24, 2.45) is 0 Å². The summed E-state index contributed by atoms with van der Waals surface area (Å²) in [6, 6.07) is 22.7. The van der Waals surface area contributed by atoms with Gasteiger partial charge in [0.25, 0.3) is 0 Å². The van der Waals surface area contributed by atoms with E-state index in [4.69, 9.17) is 30.5 Å². The molecule has 0 saturated heterocycles. The SMILES string of the molecule is COc1ccc(-c2cc(-c3nnc(CSc4nnnn4-c4ccc(Cl)cc4)o3)c3ccccc3n2)cc1OC. The molecule has 0 radical (unpaired) electrons. The van der Waals surface area contributed by atoms with E-state index >= 15 is 0 Å². The molecule has 0 N–H and O–H groups in total. The van der Waals surface area contributed by atoms with E-state index in [0.717, 1.165) is 33.4 Å². The minimum absolute atomic E-state index is 0.381. The van der Waals surface area contributed by atoms with Gasteiger partial charge >= 0.3 is 0 Å². The monoisotopic (exact) mass is 557 g/mol. The van der Waals surface area contributed by atoms with Gasteiger partial charge in [-0.05, 0) is 65.0 Å². The van der Waals surface area contributed by atoms with Crippen molar-refractivity contribution in [3.8, 4) is 39.9 Å². The Labute approximate surface area is 231 Å². The summed E-state index contributed by atoms with van der Waals surface area (Å²) >= 11 is 7.39. The van der Waals surface area contributed by atoms with Crippen LogP contribution in [0, 0.1) is 0 Å². The number of fused-ring (bicyclic) bond motifs is 1. The average Bonchev–Trinajstić information content (AvgIpc) is 3.65. The molecule has 0 unspecified atom stereocenters. The predicted molar refractivity (Wildman–Crippen MR) is 147 cm³/mol. The van der Waals surface area contributed by atoms with Crippen LogP contribution < -0.4 is 9.47 Å². The van der Waals surface area contributed by atoms with Gasteiger partial charge in [-0.3, -0.25) is 0 Å². The van der Waals surface area contributed by atoms with Gasteiger partial charge in [0.15, 0.2) is 11.5 Å². The van der Waals surface area contributed by atoms with Crippen LogP contribution in [0.5, 0.6) is 11.5 Å². The van der Waals surface area contributed by atoms with Gasteiger partial charge in [-0.25, -0.2) is 4.98 Å². The number of halogens is 1. The number of thioether (sulfide) groups is 1. The molecule has 0 bridgehead atoms. The minimum atomic E-state index is 0.381. The number of methoxy groups -OCH3 is 2. The number of tetrazole rings is 1. The molecule has 194 valence electrons. The Hall–Kier alpha value is -4.48. The maximum Gasteiger partial charge on any atom is 0.248 e. The third-order valence-electron chi connectivity index (χ3n) is 5.93. The Balaban J connectivity index is 1.31. The van der Waals surface area contributed by atoms with Crippen molar-refractivity contribution in [3.05, 3.63) is 83.7 Å². The number of benzene rings is 3. The normalized spacial score (nSPS) is 11.2. The van der Waals surface area contributed by atoms with Crippen LogP contribution in [0.15, 0.2) is 82.4 Å². The number of hydrogen-bond donors (Lipinski definition) is 0. The predicted octanol–water partition coefficient (Wildman–Crippen LogP) is 5.89. The van der Waals surface area contributed by atoms with E-state index in [0.29, 0.717) is 39.2 Å². The van der Waals surface area contributed by atoms with Gasteiger partial charge in [-0.2, -0.15) is 4.68 Å². The molecule has 0 spiro atoms. The molecule has 0 amide bonds. The molecule has 12 heteroatoms. The molecule has 0 fully saturated rings. The van der Waals surface area contributed by atoms with Crippen LogP contribution in [0.25, 0.3) is 39.3 Å². The summed E-state index contributed by atoms with van der Waals surface area (Å²) in [4.78, 5) is 4.86. The van der Waals surface area contributed by atoms with E-state index in [1.807, 2.05) is 60.7 Å². The van der Waals surface area contributed by atoms with Crippen LogP contribution in [0.4, 0.5) is 0 Å². The molecule has 10 nitrogen and oxygen atoms in total. The van der Waals surface area contributed by atoms with Gasteiger partial charge in [0, 0.05) is 16.0 Å². The summed E-state index contributed by atoms with van der Waals surface area (Å²) in [7, 11) is 3.21. The van der Waals surface area contributed by atoms with E-state index in [9.17, 15) is 0 Å². The van der Waals surface area contributed by atoms with Crippen molar-refractivity contribution in [1.82, 2.24) is 35.4 Å². The number of rotatable bonds is 8. The first-order chi connectivity index (χ1) is 19.1. The second kappa shape index (κ2) is 10.7. The zero-order valence-corrected chi connectivity index (χ0v) is 22.3. The highest BCUT2D eigenvalue weighted by atomic mass is 35.5. The molecule has 6 aromatic rings. The quantitative estimate of drug-likeness (QED) is 0.210. The molecule has 6 rings (SSSR count). The van der Waals surface area contributed by atoms with Gasteiger partial charge in [-0.15, -0.1) is 15.3 Å². The molecular weight excluding hydrogens is 538 g/mol. The number of ether oxygens (including phenoxy) is 2. The van der Waals surface area contributed by atoms with Crippen molar-refractivity contribution in [1.29, 1.82) is 0 Å². The third-order valence-corrected chi connectivity index (χ3v) is 7.09. The average molecular weight is 558 g/mol. The van der Waals surface area contributed by atoms with Crippen LogP contribution in [-0.2, 0) is 5.75 Å². The van der Waals surface area contributed by atoms with Gasteiger partial charge in [0.1, 0.15) is 0 Å². The number of nitrogens with zero attached hydrogens (tertiary/aromatic N) is 7. The van der Waals surface area contributed by atoms with Crippen LogP contribution >= 0.6 is 23.4 Å². The first-order valence-electron chi connectivity index (χ1n) is 11.7. The molecule has 0 aliphatic rings. The van der Waals surface area contributed by atoms with E-state index in [2.05, 4.69) is 25.7 Å². The van der Waals surface area contributed by atoms with E-state index < -0.39 is 0 Å². The zero-order valence-electron chi connectivity index (χ0n) is 20.8. The summed E-state index contributed by atoms with van der Waals surface area (Å²) in [5.41, 5.74) is 3.98. The van der Waals surface area contributed by atoms with Crippen LogP contribution in [0.1, 0.15) is 5.89 Å². The molecule has 0 saturated carbocycles. The van der Waals surface area contributed by atoms with Crippen molar-refractivity contribution in [2.75, 3.05) is 14.2 Å². The van der Waals surface area contributed by atoms with Crippen molar-refractivity contribution in [3.63, 3.8) is 0 Å². The van der Waals surface area contributed by atoms with Crippen LogP contribution in [0.2, 0.25) is 5.02 Å². The van der Waals surface area contributed by atoms with Crippen molar-refractivity contribution < 1.29 is 13.9 Å². The lowest BCUT2D eigenvalue weighted by Gasteiger charge is -2.11. The number of aromatic nitrogens is 7.